The van der Waals surface area contributed by atoms with Crippen LogP contribution < -0.4 is 14.8 Å². The normalized spacial score (nSPS) is 10.4. The van der Waals surface area contributed by atoms with Crippen molar-refractivity contribution in [2.45, 2.75) is 0 Å². The fraction of sp³-hybridized carbons (Fsp3) is 0.150. The Bertz CT molecular complexity index is 874. The number of halogens is 1. The van der Waals surface area contributed by atoms with Crippen LogP contribution in [-0.4, -0.2) is 26.2 Å². The number of hydrogen-bond donors (Lipinski definition) is 1. The minimum absolute atomic E-state index is 0.118. The molecule has 1 heterocycles. The Labute approximate surface area is 150 Å². The molecule has 3 rings (SSSR count). The van der Waals surface area contributed by atoms with Crippen LogP contribution in [0, 0.1) is 5.82 Å². The van der Waals surface area contributed by atoms with Crippen LogP contribution in [0.5, 0.6) is 11.5 Å². The Balaban J connectivity index is 1.50. The summed E-state index contributed by atoms with van der Waals surface area (Å²) in [5.74, 6) is 1.07. The van der Waals surface area contributed by atoms with Gasteiger partial charge < -0.3 is 19.2 Å². The SMILES string of the molecule is COc1ccc(OCCNC(=O)c2ccc(-c3ccccc3F)o2)cc1. The van der Waals surface area contributed by atoms with Gasteiger partial charge in [-0.2, -0.15) is 0 Å². The average molecular weight is 355 g/mol. The summed E-state index contributed by atoms with van der Waals surface area (Å²) in [6.07, 6.45) is 0. The highest BCUT2D eigenvalue weighted by atomic mass is 19.1. The van der Waals surface area contributed by atoms with Crippen LogP contribution in [0.1, 0.15) is 10.6 Å². The Morgan fingerprint density at radius 2 is 1.77 bits per heavy atom. The van der Waals surface area contributed by atoms with Gasteiger partial charge in [-0.05, 0) is 48.5 Å². The van der Waals surface area contributed by atoms with E-state index in [1.165, 1.54) is 12.1 Å². The van der Waals surface area contributed by atoms with Crippen LogP contribution in [0.3, 0.4) is 0 Å². The first-order chi connectivity index (χ1) is 12.7. The number of carbonyl (C=O) groups is 1. The van der Waals surface area contributed by atoms with Gasteiger partial charge in [0.2, 0.25) is 0 Å². The van der Waals surface area contributed by atoms with Crippen LogP contribution in [0.4, 0.5) is 4.39 Å². The molecule has 0 spiro atoms. The molecule has 134 valence electrons. The molecule has 0 bridgehead atoms. The highest BCUT2D eigenvalue weighted by molar-refractivity contribution is 5.92. The van der Waals surface area contributed by atoms with E-state index < -0.39 is 5.82 Å². The van der Waals surface area contributed by atoms with Gasteiger partial charge in [-0.25, -0.2) is 4.39 Å². The number of furan rings is 1. The molecule has 26 heavy (non-hydrogen) atoms. The fourth-order valence-corrected chi connectivity index (χ4v) is 2.36. The largest absolute Gasteiger partial charge is 0.497 e. The van der Waals surface area contributed by atoms with Crippen molar-refractivity contribution in [2.24, 2.45) is 0 Å². The maximum Gasteiger partial charge on any atom is 0.287 e. The highest BCUT2D eigenvalue weighted by Crippen LogP contribution is 2.24. The molecule has 0 saturated heterocycles. The molecule has 3 aromatic rings. The average Bonchev–Trinajstić information content (AvgIpc) is 3.16. The van der Waals surface area contributed by atoms with Crippen molar-refractivity contribution in [2.75, 3.05) is 20.3 Å². The topological polar surface area (TPSA) is 60.7 Å². The molecule has 1 aromatic heterocycles. The van der Waals surface area contributed by atoms with Crippen molar-refractivity contribution in [3.63, 3.8) is 0 Å². The third kappa shape index (κ3) is 4.22. The maximum absolute atomic E-state index is 13.8. The van der Waals surface area contributed by atoms with E-state index in [1.807, 2.05) is 0 Å². The number of ether oxygens (including phenoxy) is 2. The van der Waals surface area contributed by atoms with E-state index in [-0.39, 0.29) is 11.7 Å². The van der Waals surface area contributed by atoms with E-state index in [0.717, 1.165) is 5.75 Å². The predicted molar refractivity (Wildman–Crippen MR) is 94.9 cm³/mol. The smallest absolute Gasteiger partial charge is 0.287 e. The lowest BCUT2D eigenvalue weighted by Crippen LogP contribution is -2.27. The molecule has 0 aliphatic carbocycles. The summed E-state index contributed by atoms with van der Waals surface area (Å²) in [6.45, 7) is 0.611. The molecule has 5 nitrogen and oxygen atoms in total. The third-order valence-electron chi connectivity index (χ3n) is 3.68. The minimum Gasteiger partial charge on any atom is -0.497 e. The van der Waals surface area contributed by atoms with Crippen LogP contribution in [-0.2, 0) is 0 Å². The van der Waals surface area contributed by atoms with E-state index in [9.17, 15) is 9.18 Å². The molecule has 1 amide bonds. The zero-order chi connectivity index (χ0) is 18.4. The van der Waals surface area contributed by atoms with Gasteiger partial charge in [-0.15, -0.1) is 0 Å². The quantitative estimate of drug-likeness (QED) is 0.653. The molecule has 1 N–H and O–H groups in total. The molecule has 0 radical (unpaired) electrons. The number of methoxy groups -OCH3 is 1. The van der Waals surface area contributed by atoms with Crippen LogP contribution >= 0.6 is 0 Å². The second-order valence-electron chi connectivity index (χ2n) is 5.42. The van der Waals surface area contributed by atoms with Gasteiger partial charge >= 0.3 is 0 Å². The van der Waals surface area contributed by atoms with Gasteiger partial charge in [-0.3, -0.25) is 4.79 Å². The fourth-order valence-electron chi connectivity index (χ4n) is 2.36. The molecule has 0 fully saturated rings. The summed E-state index contributed by atoms with van der Waals surface area (Å²) in [5.41, 5.74) is 0.314. The lowest BCUT2D eigenvalue weighted by molar-refractivity contribution is 0.0920. The predicted octanol–water partition coefficient (Wildman–Crippen LogP) is 3.90. The summed E-state index contributed by atoms with van der Waals surface area (Å²) in [4.78, 5) is 12.1. The lowest BCUT2D eigenvalue weighted by atomic mass is 10.1. The summed E-state index contributed by atoms with van der Waals surface area (Å²) < 4.78 is 29.8. The summed E-state index contributed by atoms with van der Waals surface area (Å²) >= 11 is 0. The molecule has 0 aliphatic heterocycles. The first-order valence-electron chi connectivity index (χ1n) is 8.07. The zero-order valence-corrected chi connectivity index (χ0v) is 14.2. The first kappa shape index (κ1) is 17.5. The Morgan fingerprint density at radius 1 is 1.04 bits per heavy atom. The van der Waals surface area contributed by atoms with E-state index in [0.29, 0.717) is 30.2 Å². The Hall–Kier alpha value is -3.28. The van der Waals surface area contributed by atoms with Gasteiger partial charge in [0.25, 0.3) is 5.91 Å². The van der Waals surface area contributed by atoms with E-state index >= 15 is 0 Å². The van der Waals surface area contributed by atoms with Crippen LogP contribution in [0.15, 0.2) is 65.1 Å². The van der Waals surface area contributed by atoms with Crippen molar-refractivity contribution in [1.82, 2.24) is 5.32 Å². The maximum atomic E-state index is 13.8. The highest BCUT2D eigenvalue weighted by Gasteiger charge is 2.13. The van der Waals surface area contributed by atoms with Gasteiger partial charge in [-0.1, -0.05) is 12.1 Å². The summed E-state index contributed by atoms with van der Waals surface area (Å²) in [5, 5.41) is 2.70. The number of amides is 1. The number of rotatable bonds is 7. The standard InChI is InChI=1S/C20H18FNO4/c1-24-14-6-8-15(9-7-14)25-13-12-22-20(23)19-11-10-18(26-19)16-4-2-3-5-17(16)21/h2-11H,12-13H2,1H3,(H,22,23). The van der Waals surface area contributed by atoms with Gasteiger partial charge in [0, 0.05) is 0 Å². The van der Waals surface area contributed by atoms with Gasteiger partial charge in [0.1, 0.15) is 29.7 Å². The lowest BCUT2D eigenvalue weighted by Gasteiger charge is -2.07. The monoisotopic (exact) mass is 355 g/mol. The van der Waals surface area contributed by atoms with E-state index in [4.69, 9.17) is 13.9 Å². The van der Waals surface area contributed by atoms with Crippen molar-refractivity contribution in [3.8, 4) is 22.8 Å². The Kier molecular flexibility index (Phi) is 5.53. The molecule has 0 aliphatic rings. The number of hydrogen-bond acceptors (Lipinski definition) is 4. The van der Waals surface area contributed by atoms with Crippen LogP contribution in [0.25, 0.3) is 11.3 Å². The van der Waals surface area contributed by atoms with E-state index in [2.05, 4.69) is 5.32 Å². The van der Waals surface area contributed by atoms with E-state index in [1.54, 1.807) is 55.6 Å². The summed E-state index contributed by atoms with van der Waals surface area (Å²) in [6, 6.07) is 16.5. The van der Waals surface area contributed by atoms with Crippen molar-refractivity contribution in [3.05, 3.63) is 72.2 Å². The molecule has 2 aromatic carbocycles. The number of benzene rings is 2. The van der Waals surface area contributed by atoms with Crippen molar-refractivity contribution in [1.29, 1.82) is 0 Å². The van der Waals surface area contributed by atoms with Gasteiger partial charge in [0.15, 0.2) is 5.76 Å². The number of nitrogens with one attached hydrogen (secondary N) is 1. The number of carbonyl (C=O) groups excluding carboxylic acids is 1. The Morgan fingerprint density at radius 3 is 2.50 bits per heavy atom. The molecule has 6 heteroatoms. The third-order valence-corrected chi connectivity index (χ3v) is 3.68. The van der Waals surface area contributed by atoms with Crippen molar-refractivity contribution < 1.29 is 23.1 Å². The van der Waals surface area contributed by atoms with Gasteiger partial charge in [0.05, 0.1) is 19.2 Å². The molecular weight excluding hydrogens is 337 g/mol. The molecule has 0 atom stereocenters. The molecular formula is C20H18FNO4. The summed E-state index contributed by atoms with van der Waals surface area (Å²) in [7, 11) is 1.59. The zero-order valence-electron chi connectivity index (χ0n) is 14.2. The second-order valence-corrected chi connectivity index (χ2v) is 5.42. The first-order valence-corrected chi connectivity index (χ1v) is 8.07. The van der Waals surface area contributed by atoms with Crippen molar-refractivity contribution >= 4 is 5.91 Å². The molecule has 0 unspecified atom stereocenters. The molecule has 0 saturated carbocycles. The minimum atomic E-state index is -0.401. The van der Waals surface area contributed by atoms with Crippen LogP contribution in [0.2, 0.25) is 0 Å². The second kappa shape index (κ2) is 8.20.